The van der Waals surface area contributed by atoms with Crippen molar-refractivity contribution >= 4 is 18.3 Å². The number of halogens is 1. The van der Waals surface area contributed by atoms with Gasteiger partial charge in [0, 0.05) is 37.9 Å². The van der Waals surface area contributed by atoms with Crippen molar-refractivity contribution in [3.05, 3.63) is 30.1 Å². The number of pyridine rings is 1. The quantitative estimate of drug-likeness (QED) is 0.850. The highest BCUT2D eigenvalue weighted by Crippen LogP contribution is 2.24. The number of amides is 1. The van der Waals surface area contributed by atoms with Gasteiger partial charge in [-0.25, -0.2) is 0 Å². The first-order valence-corrected chi connectivity index (χ1v) is 8.62. The first-order chi connectivity index (χ1) is 10.7. The molecule has 2 aliphatic rings. The zero-order valence-corrected chi connectivity index (χ0v) is 14.8. The van der Waals surface area contributed by atoms with Crippen LogP contribution in [0.1, 0.15) is 38.2 Å². The Bertz CT molecular complexity index is 480. The van der Waals surface area contributed by atoms with Crippen LogP contribution in [0.4, 0.5) is 0 Å². The number of piperidine rings is 2. The van der Waals surface area contributed by atoms with Crippen LogP contribution in [0.5, 0.6) is 0 Å². The third kappa shape index (κ3) is 4.92. The maximum absolute atomic E-state index is 12.6. The third-order valence-electron chi connectivity index (χ3n) is 5.16. The van der Waals surface area contributed by atoms with Gasteiger partial charge in [-0.1, -0.05) is 13.0 Å². The van der Waals surface area contributed by atoms with Gasteiger partial charge in [-0.2, -0.15) is 0 Å². The lowest BCUT2D eigenvalue weighted by Crippen LogP contribution is -2.45. The molecule has 128 valence electrons. The fourth-order valence-corrected chi connectivity index (χ4v) is 3.58. The van der Waals surface area contributed by atoms with E-state index in [2.05, 4.69) is 27.8 Å². The maximum Gasteiger partial charge on any atom is 0.225 e. The Hall–Kier alpha value is -1.13. The summed E-state index contributed by atoms with van der Waals surface area (Å²) in [7, 11) is 0. The topological polar surface area (TPSA) is 36.4 Å². The van der Waals surface area contributed by atoms with Crippen LogP contribution < -0.4 is 0 Å². The summed E-state index contributed by atoms with van der Waals surface area (Å²) < 4.78 is 0. The van der Waals surface area contributed by atoms with Gasteiger partial charge in [0.15, 0.2) is 0 Å². The SMILES string of the molecule is CC1CCN(C(=O)C2CCN(Cc3cccnc3)CC2)CC1.Cl. The Morgan fingerprint density at radius 2 is 1.87 bits per heavy atom. The van der Waals surface area contributed by atoms with Gasteiger partial charge in [-0.3, -0.25) is 14.7 Å². The lowest BCUT2D eigenvalue weighted by atomic mass is 9.92. The zero-order chi connectivity index (χ0) is 15.4. The van der Waals surface area contributed by atoms with E-state index in [0.29, 0.717) is 5.91 Å². The van der Waals surface area contributed by atoms with E-state index >= 15 is 0 Å². The third-order valence-corrected chi connectivity index (χ3v) is 5.16. The van der Waals surface area contributed by atoms with Gasteiger partial charge >= 0.3 is 0 Å². The molecule has 0 atom stereocenters. The Kier molecular flexibility index (Phi) is 6.85. The number of likely N-dealkylation sites (tertiary alicyclic amines) is 2. The summed E-state index contributed by atoms with van der Waals surface area (Å²) in [5, 5.41) is 0. The minimum absolute atomic E-state index is 0. The average Bonchev–Trinajstić information content (AvgIpc) is 2.57. The van der Waals surface area contributed by atoms with Crippen LogP contribution in [0.3, 0.4) is 0 Å². The predicted octanol–water partition coefficient (Wildman–Crippen LogP) is 2.97. The highest BCUT2D eigenvalue weighted by Gasteiger charge is 2.30. The van der Waals surface area contributed by atoms with E-state index in [4.69, 9.17) is 0 Å². The number of aromatic nitrogens is 1. The van der Waals surface area contributed by atoms with Crippen molar-refractivity contribution in [2.24, 2.45) is 11.8 Å². The molecule has 0 radical (unpaired) electrons. The Morgan fingerprint density at radius 1 is 1.17 bits per heavy atom. The van der Waals surface area contributed by atoms with Crippen molar-refractivity contribution in [3.63, 3.8) is 0 Å². The summed E-state index contributed by atoms with van der Waals surface area (Å²) in [6.45, 7) is 7.23. The second-order valence-electron chi connectivity index (χ2n) is 6.92. The second-order valence-corrected chi connectivity index (χ2v) is 6.92. The summed E-state index contributed by atoms with van der Waals surface area (Å²) in [6.07, 6.45) is 8.10. The molecule has 0 spiro atoms. The fraction of sp³-hybridized carbons (Fsp3) is 0.667. The molecule has 2 fully saturated rings. The monoisotopic (exact) mass is 337 g/mol. The van der Waals surface area contributed by atoms with Crippen LogP contribution in [0, 0.1) is 11.8 Å². The molecule has 2 aliphatic heterocycles. The number of carbonyl (C=O) groups is 1. The molecule has 1 amide bonds. The highest BCUT2D eigenvalue weighted by molar-refractivity contribution is 5.85. The molecule has 0 aliphatic carbocycles. The molecule has 4 nitrogen and oxygen atoms in total. The molecule has 0 aromatic carbocycles. The molecule has 0 N–H and O–H groups in total. The standard InChI is InChI=1S/C18H27N3O.ClH/c1-15-4-11-21(12-5-15)18(22)17-6-9-20(10-7-17)14-16-3-2-8-19-13-16;/h2-3,8,13,15,17H,4-7,9-12,14H2,1H3;1H. The molecule has 2 saturated heterocycles. The van der Waals surface area contributed by atoms with Crippen molar-refractivity contribution in [2.75, 3.05) is 26.2 Å². The smallest absolute Gasteiger partial charge is 0.225 e. The van der Waals surface area contributed by atoms with E-state index in [1.165, 1.54) is 18.4 Å². The Balaban J connectivity index is 0.00000192. The van der Waals surface area contributed by atoms with Crippen molar-refractivity contribution in [1.29, 1.82) is 0 Å². The van der Waals surface area contributed by atoms with Gasteiger partial charge < -0.3 is 4.90 Å². The summed E-state index contributed by atoms with van der Waals surface area (Å²) in [4.78, 5) is 21.4. The minimum atomic E-state index is 0. The highest BCUT2D eigenvalue weighted by atomic mass is 35.5. The molecule has 1 aromatic heterocycles. The van der Waals surface area contributed by atoms with Crippen molar-refractivity contribution in [2.45, 2.75) is 39.2 Å². The second kappa shape index (κ2) is 8.65. The normalized spacial score (nSPS) is 21.0. The summed E-state index contributed by atoms with van der Waals surface area (Å²) in [5.41, 5.74) is 1.26. The zero-order valence-electron chi connectivity index (χ0n) is 14.0. The minimum Gasteiger partial charge on any atom is -0.342 e. The number of hydrogen-bond donors (Lipinski definition) is 0. The van der Waals surface area contributed by atoms with E-state index < -0.39 is 0 Å². The molecule has 0 unspecified atom stereocenters. The molecular formula is C18H28ClN3O. The first-order valence-electron chi connectivity index (χ1n) is 8.62. The van der Waals surface area contributed by atoms with Gasteiger partial charge in [-0.05, 0) is 56.3 Å². The first kappa shape index (κ1) is 18.2. The summed E-state index contributed by atoms with van der Waals surface area (Å²) in [5.74, 6) is 1.44. The van der Waals surface area contributed by atoms with E-state index in [9.17, 15) is 4.79 Å². The Labute approximate surface area is 145 Å². The van der Waals surface area contributed by atoms with E-state index in [1.807, 2.05) is 18.5 Å². The molecule has 3 rings (SSSR count). The summed E-state index contributed by atoms with van der Waals surface area (Å²) >= 11 is 0. The van der Waals surface area contributed by atoms with Crippen molar-refractivity contribution in [1.82, 2.24) is 14.8 Å². The van der Waals surface area contributed by atoms with Gasteiger partial charge in [0.05, 0.1) is 0 Å². The molecule has 5 heteroatoms. The van der Waals surface area contributed by atoms with Crippen molar-refractivity contribution < 1.29 is 4.79 Å². The number of rotatable bonds is 3. The maximum atomic E-state index is 12.6. The van der Waals surface area contributed by atoms with Gasteiger partial charge in [0.2, 0.25) is 5.91 Å². The fourth-order valence-electron chi connectivity index (χ4n) is 3.58. The average molecular weight is 338 g/mol. The molecule has 0 bridgehead atoms. The number of carbonyl (C=O) groups excluding carboxylic acids is 1. The molecule has 1 aromatic rings. The van der Waals surface area contributed by atoms with Crippen LogP contribution in [0.25, 0.3) is 0 Å². The van der Waals surface area contributed by atoms with E-state index in [0.717, 1.165) is 51.5 Å². The van der Waals surface area contributed by atoms with E-state index in [-0.39, 0.29) is 18.3 Å². The van der Waals surface area contributed by atoms with Crippen LogP contribution in [0.2, 0.25) is 0 Å². The predicted molar refractivity (Wildman–Crippen MR) is 94.5 cm³/mol. The molecule has 3 heterocycles. The van der Waals surface area contributed by atoms with Crippen LogP contribution >= 0.6 is 12.4 Å². The van der Waals surface area contributed by atoms with Gasteiger partial charge in [0.25, 0.3) is 0 Å². The largest absolute Gasteiger partial charge is 0.342 e. The lowest BCUT2D eigenvalue weighted by molar-refractivity contribution is -0.138. The van der Waals surface area contributed by atoms with E-state index in [1.54, 1.807) is 0 Å². The van der Waals surface area contributed by atoms with Gasteiger partial charge in [0.1, 0.15) is 0 Å². The van der Waals surface area contributed by atoms with Gasteiger partial charge in [-0.15, -0.1) is 12.4 Å². The molecule has 0 saturated carbocycles. The van der Waals surface area contributed by atoms with Crippen LogP contribution in [0.15, 0.2) is 24.5 Å². The lowest BCUT2D eigenvalue weighted by Gasteiger charge is -2.36. The molecular weight excluding hydrogens is 310 g/mol. The van der Waals surface area contributed by atoms with Crippen molar-refractivity contribution in [3.8, 4) is 0 Å². The number of hydrogen-bond acceptors (Lipinski definition) is 3. The molecule has 23 heavy (non-hydrogen) atoms. The van der Waals surface area contributed by atoms with Crippen LogP contribution in [-0.4, -0.2) is 46.9 Å². The van der Waals surface area contributed by atoms with Crippen LogP contribution in [-0.2, 0) is 11.3 Å². The summed E-state index contributed by atoms with van der Waals surface area (Å²) in [6, 6.07) is 4.11. The Morgan fingerprint density at radius 3 is 2.48 bits per heavy atom. The number of nitrogens with zero attached hydrogens (tertiary/aromatic N) is 3.